The molecule has 0 saturated carbocycles. The predicted octanol–water partition coefficient (Wildman–Crippen LogP) is 0.897. The number of piperazine rings is 1. The van der Waals surface area contributed by atoms with Crippen molar-refractivity contribution in [2.75, 3.05) is 57.0 Å². The Balaban J connectivity index is 1.63. The van der Waals surface area contributed by atoms with Gasteiger partial charge in [-0.3, -0.25) is 4.90 Å². The highest BCUT2D eigenvalue weighted by molar-refractivity contribution is 7.88. The molecule has 2 aliphatic heterocycles. The summed E-state index contributed by atoms with van der Waals surface area (Å²) in [6, 6.07) is 9.05. The molecular formula is C17H27N3O3S. The minimum Gasteiger partial charge on any atom is -0.395 e. The van der Waals surface area contributed by atoms with Crippen molar-refractivity contribution >= 4 is 15.7 Å². The third-order valence-corrected chi connectivity index (χ3v) is 6.40. The fourth-order valence-electron chi connectivity index (χ4n) is 3.78. The van der Waals surface area contributed by atoms with Gasteiger partial charge in [-0.25, -0.2) is 8.42 Å². The Kier molecular flexibility index (Phi) is 5.44. The number of anilines is 1. The van der Waals surface area contributed by atoms with Gasteiger partial charge in [0.2, 0.25) is 10.0 Å². The van der Waals surface area contributed by atoms with Crippen molar-refractivity contribution in [3.8, 4) is 0 Å². The van der Waals surface area contributed by atoms with Gasteiger partial charge in [-0.2, -0.15) is 4.31 Å². The molecule has 2 fully saturated rings. The van der Waals surface area contributed by atoms with Crippen LogP contribution in [0.3, 0.4) is 0 Å². The number of aliphatic hydroxyl groups is 1. The van der Waals surface area contributed by atoms with Gasteiger partial charge in [-0.05, 0) is 37.1 Å². The Labute approximate surface area is 144 Å². The molecule has 0 amide bonds. The first-order valence-corrected chi connectivity index (χ1v) is 10.5. The van der Waals surface area contributed by atoms with E-state index in [-0.39, 0.29) is 6.61 Å². The number of hydrogen-bond acceptors (Lipinski definition) is 5. The molecule has 1 N–H and O–H groups in total. The zero-order valence-electron chi connectivity index (χ0n) is 14.3. The zero-order chi connectivity index (χ0) is 17.2. The Hall–Kier alpha value is -1.15. The van der Waals surface area contributed by atoms with Crippen LogP contribution in [0.5, 0.6) is 0 Å². The van der Waals surface area contributed by atoms with Crippen molar-refractivity contribution in [2.45, 2.75) is 18.9 Å². The van der Waals surface area contributed by atoms with Crippen LogP contribution in [0, 0.1) is 0 Å². The maximum atomic E-state index is 11.6. The van der Waals surface area contributed by atoms with Crippen molar-refractivity contribution in [2.24, 2.45) is 0 Å². The third-order valence-electron chi connectivity index (χ3n) is 5.10. The molecule has 1 unspecified atom stereocenters. The molecule has 1 aromatic carbocycles. The number of hydrogen-bond donors (Lipinski definition) is 1. The molecule has 1 aromatic rings. The highest BCUT2D eigenvalue weighted by Gasteiger charge is 2.26. The molecule has 2 aliphatic rings. The van der Waals surface area contributed by atoms with Crippen LogP contribution in [0.1, 0.15) is 24.4 Å². The van der Waals surface area contributed by atoms with Gasteiger partial charge in [-0.15, -0.1) is 0 Å². The van der Waals surface area contributed by atoms with Crippen LogP contribution in [-0.4, -0.2) is 74.9 Å². The van der Waals surface area contributed by atoms with Crippen LogP contribution >= 0.6 is 0 Å². The first-order chi connectivity index (χ1) is 11.5. The number of rotatable bonds is 5. The minimum absolute atomic E-state index is 0.208. The Morgan fingerprint density at radius 1 is 1.08 bits per heavy atom. The number of aliphatic hydroxyl groups excluding tert-OH is 1. The summed E-state index contributed by atoms with van der Waals surface area (Å²) >= 11 is 0. The maximum Gasteiger partial charge on any atom is 0.211 e. The molecule has 2 heterocycles. The van der Waals surface area contributed by atoms with E-state index in [1.54, 1.807) is 4.31 Å². The van der Waals surface area contributed by atoms with E-state index in [9.17, 15) is 13.5 Å². The fourth-order valence-corrected chi connectivity index (χ4v) is 4.61. The molecule has 24 heavy (non-hydrogen) atoms. The Bertz CT molecular complexity index is 640. The highest BCUT2D eigenvalue weighted by Crippen LogP contribution is 2.32. The summed E-state index contributed by atoms with van der Waals surface area (Å²) in [6.45, 7) is 4.55. The second-order valence-electron chi connectivity index (χ2n) is 6.66. The summed E-state index contributed by atoms with van der Waals surface area (Å²) in [7, 11) is -3.08. The van der Waals surface area contributed by atoms with Gasteiger partial charge in [0.1, 0.15) is 0 Å². The second kappa shape index (κ2) is 7.39. The molecule has 0 radical (unpaired) electrons. The molecule has 134 valence electrons. The van der Waals surface area contributed by atoms with Crippen LogP contribution in [0.15, 0.2) is 24.3 Å². The van der Waals surface area contributed by atoms with Crippen molar-refractivity contribution in [3.63, 3.8) is 0 Å². The van der Waals surface area contributed by atoms with Gasteiger partial charge < -0.3 is 10.0 Å². The van der Waals surface area contributed by atoms with Gasteiger partial charge >= 0.3 is 0 Å². The number of β-amino-alcohol motifs (C(OH)–C–C–N with tert-alkyl or cyclic N) is 1. The Morgan fingerprint density at radius 2 is 1.75 bits per heavy atom. The van der Waals surface area contributed by atoms with Gasteiger partial charge in [-0.1, -0.05) is 12.1 Å². The summed E-state index contributed by atoms with van der Waals surface area (Å²) in [5.41, 5.74) is 2.46. The lowest BCUT2D eigenvalue weighted by Crippen LogP contribution is -2.48. The predicted molar refractivity (Wildman–Crippen MR) is 95.7 cm³/mol. The lowest BCUT2D eigenvalue weighted by Gasteiger charge is -2.35. The van der Waals surface area contributed by atoms with E-state index in [1.807, 2.05) is 0 Å². The fraction of sp³-hybridized carbons (Fsp3) is 0.647. The number of likely N-dealkylation sites (tertiary alicyclic amines) is 1. The summed E-state index contributed by atoms with van der Waals surface area (Å²) < 4.78 is 24.7. The Morgan fingerprint density at radius 3 is 2.33 bits per heavy atom. The zero-order valence-corrected chi connectivity index (χ0v) is 15.1. The van der Waals surface area contributed by atoms with Crippen molar-refractivity contribution in [3.05, 3.63) is 29.8 Å². The van der Waals surface area contributed by atoms with Crippen LogP contribution in [0.2, 0.25) is 0 Å². The molecule has 7 heteroatoms. The summed E-state index contributed by atoms with van der Waals surface area (Å²) in [6.07, 6.45) is 3.60. The van der Waals surface area contributed by atoms with Crippen molar-refractivity contribution < 1.29 is 13.5 Å². The van der Waals surface area contributed by atoms with Crippen LogP contribution in [0.4, 0.5) is 5.69 Å². The van der Waals surface area contributed by atoms with Crippen molar-refractivity contribution in [1.82, 2.24) is 9.21 Å². The largest absolute Gasteiger partial charge is 0.395 e. The van der Waals surface area contributed by atoms with E-state index >= 15 is 0 Å². The molecule has 3 rings (SSSR count). The van der Waals surface area contributed by atoms with E-state index in [2.05, 4.69) is 34.1 Å². The molecule has 0 spiro atoms. The van der Waals surface area contributed by atoms with E-state index in [0.717, 1.165) is 38.3 Å². The van der Waals surface area contributed by atoms with E-state index in [1.165, 1.54) is 18.2 Å². The monoisotopic (exact) mass is 353 g/mol. The summed E-state index contributed by atoms with van der Waals surface area (Å²) in [4.78, 5) is 4.59. The maximum absolute atomic E-state index is 11.6. The molecule has 0 aromatic heterocycles. The first-order valence-electron chi connectivity index (χ1n) is 8.64. The van der Waals surface area contributed by atoms with E-state index < -0.39 is 10.0 Å². The smallest absolute Gasteiger partial charge is 0.211 e. The van der Waals surface area contributed by atoms with Crippen LogP contribution in [-0.2, 0) is 10.0 Å². The average Bonchev–Trinajstić information content (AvgIpc) is 3.03. The lowest BCUT2D eigenvalue weighted by atomic mass is 10.0. The number of benzene rings is 1. The molecule has 6 nitrogen and oxygen atoms in total. The third kappa shape index (κ3) is 3.91. The van der Waals surface area contributed by atoms with Gasteiger partial charge in [0, 0.05) is 44.5 Å². The molecule has 0 aliphatic carbocycles. The normalized spacial score (nSPS) is 23.8. The lowest BCUT2D eigenvalue weighted by molar-refractivity contribution is 0.185. The van der Waals surface area contributed by atoms with Crippen molar-refractivity contribution in [1.29, 1.82) is 0 Å². The number of nitrogens with zero attached hydrogens (tertiary/aromatic N) is 3. The quantitative estimate of drug-likeness (QED) is 0.852. The first kappa shape index (κ1) is 17.7. The molecule has 2 saturated heterocycles. The average molecular weight is 353 g/mol. The standard InChI is InChI=1S/C17H27N3O3S/c1-24(22,23)20-11-9-18(10-12-20)16-6-4-15(5-7-16)17-3-2-8-19(17)13-14-21/h4-7,17,21H,2-3,8-14H2,1H3. The van der Waals surface area contributed by atoms with Gasteiger partial charge in [0.25, 0.3) is 0 Å². The number of sulfonamides is 1. The van der Waals surface area contributed by atoms with Crippen LogP contribution in [0.25, 0.3) is 0 Å². The molecule has 0 bridgehead atoms. The molecule has 1 atom stereocenters. The SMILES string of the molecule is CS(=O)(=O)N1CCN(c2ccc(C3CCCN3CCO)cc2)CC1. The second-order valence-corrected chi connectivity index (χ2v) is 8.64. The van der Waals surface area contributed by atoms with Gasteiger partial charge in [0.15, 0.2) is 0 Å². The van der Waals surface area contributed by atoms with Crippen LogP contribution < -0.4 is 4.90 Å². The van der Waals surface area contributed by atoms with E-state index in [0.29, 0.717) is 19.1 Å². The van der Waals surface area contributed by atoms with E-state index in [4.69, 9.17) is 0 Å². The topological polar surface area (TPSA) is 64.1 Å². The summed E-state index contributed by atoms with van der Waals surface area (Å²) in [5.74, 6) is 0. The molecular weight excluding hydrogens is 326 g/mol. The highest BCUT2D eigenvalue weighted by atomic mass is 32.2. The summed E-state index contributed by atoms with van der Waals surface area (Å²) in [5, 5.41) is 9.19. The minimum atomic E-state index is -3.08. The van der Waals surface area contributed by atoms with Gasteiger partial charge in [0.05, 0.1) is 12.9 Å².